The lowest BCUT2D eigenvalue weighted by Gasteiger charge is -2.34. The number of hydrogen-bond donors (Lipinski definition) is 0. The molecule has 2 atom stereocenters. The van der Waals surface area contributed by atoms with E-state index in [-0.39, 0.29) is 12.3 Å². The van der Waals surface area contributed by atoms with Crippen LogP contribution in [-0.2, 0) is 5.41 Å². The number of benzene rings is 3. The Morgan fingerprint density at radius 3 is 2.07 bits per heavy atom. The summed E-state index contributed by atoms with van der Waals surface area (Å²) in [7, 11) is 0. The molecular weight excluding hydrogens is 345 g/mol. The molecule has 0 aromatic heterocycles. The smallest absolute Gasteiger partial charge is 0.170 e. The molecule has 0 spiro atoms. The Hall–Kier alpha value is -2.55. The number of aryl methyl sites for hydroxylation is 2. The minimum atomic E-state index is -4.38. The number of rotatable bonds is 2. The summed E-state index contributed by atoms with van der Waals surface area (Å²) in [6, 6.07) is 21.6. The molecule has 27 heavy (non-hydrogen) atoms. The highest BCUT2D eigenvalue weighted by Gasteiger charge is 2.61. The van der Waals surface area contributed by atoms with Crippen molar-refractivity contribution in [2.45, 2.75) is 37.8 Å². The highest BCUT2D eigenvalue weighted by atomic mass is 19.4. The second kappa shape index (κ2) is 6.26. The number of hydrogen-bond acceptors (Lipinski definition) is 0. The zero-order chi connectivity index (χ0) is 19.2. The average molecular weight is 366 g/mol. The van der Waals surface area contributed by atoms with Gasteiger partial charge in [-0.3, -0.25) is 0 Å². The fourth-order valence-corrected chi connectivity index (χ4v) is 4.41. The summed E-state index contributed by atoms with van der Waals surface area (Å²) in [5.74, 6) is -0.276. The minimum absolute atomic E-state index is 0.00234. The zero-order valence-electron chi connectivity index (χ0n) is 15.3. The summed E-state index contributed by atoms with van der Waals surface area (Å²) in [6.07, 6.45) is -4.37. The highest BCUT2D eigenvalue weighted by Crippen LogP contribution is 2.59. The first-order valence-electron chi connectivity index (χ1n) is 9.13. The van der Waals surface area contributed by atoms with Crippen LogP contribution in [0, 0.1) is 13.8 Å². The van der Waals surface area contributed by atoms with E-state index in [4.69, 9.17) is 0 Å². The van der Waals surface area contributed by atoms with Crippen molar-refractivity contribution in [3.05, 3.63) is 106 Å². The van der Waals surface area contributed by atoms with Crippen LogP contribution >= 0.6 is 0 Å². The molecule has 0 saturated heterocycles. The van der Waals surface area contributed by atoms with Crippen molar-refractivity contribution < 1.29 is 13.2 Å². The van der Waals surface area contributed by atoms with E-state index < -0.39 is 11.6 Å². The van der Waals surface area contributed by atoms with Gasteiger partial charge in [0, 0.05) is 5.92 Å². The molecule has 0 nitrogen and oxygen atoms in total. The monoisotopic (exact) mass is 366 g/mol. The lowest BCUT2D eigenvalue weighted by Crippen LogP contribution is -2.41. The summed E-state index contributed by atoms with van der Waals surface area (Å²) in [4.78, 5) is 0. The van der Waals surface area contributed by atoms with Crippen molar-refractivity contribution in [2.75, 3.05) is 0 Å². The van der Waals surface area contributed by atoms with Gasteiger partial charge in [0.05, 0.1) is 0 Å². The van der Waals surface area contributed by atoms with E-state index in [1.54, 1.807) is 42.5 Å². The molecule has 3 aromatic rings. The second-order valence-electron chi connectivity index (χ2n) is 7.53. The van der Waals surface area contributed by atoms with Gasteiger partial charge in [-0.15, -0.1) is 0 Å². The topological polar surface area (TPSA) is 0 Å². The molecule has 0 fully saturated rings. The molecule has 0 unspecified atom stereocenters. The third-order valence-electron chi connectivity index (χ3n) is 5.78. The Bertz CT molecular complexity index is 955. The number of fused-ring (bicyclic) bond motifs is 1. The van der Waals surface area contributed by atoms with E-state index in [0.29, 0.717) is 11.1 Å². The summed E-state index contributed by atoms with van der Waals surface area (Å²) < 4.78 is 43.9. The van der Waals surface area contributed by atoms with Gasteiger partial charge in [-0.1, -0.05) is 83.9 Å². The maximum atomic E-state index is 14.6. The standard InChI is InChI=1S/C24H21F3/c1-16-8-11-18(12-9-16)21-15-23(24(25,26)27,19-6-4-3-5-7-19)22-13-10-17(2)14-20(21)22/h3-14,21H,15H2,1-2H3/t21-,23+/m0/s1. The Balaban J connectivity index is 1.98. The summed E-state index contributed by atoms with van der Waals surface area (Å²) >= 11 is 0. The van der Waals surface area contributed by atoms with Crippen molar-refractivity contribution in [3.63, 3.8) is 0 Å². The lowest BCUT2D eigenvalue weighted by atomic mass is 9.74. The van der Waals surface area contributed by atoms with E-state index in [1.165, 1.54) is 0 Å². The molecule has 0 aliphatic heterocycles. The van der Waals surface area contributed by atoms with Gasteiger partial charge < -0.3 is 0 Å². The molecule has 3 heteroatoms. The Morgan fingerprint density at radius 2 is 1.44 bits per heavy atom. The van der Waals surface area contributed by atoms with Crippen LogP contribution in [0.3, 0.4) is 0 Å². The molecular formula is C24H21F3. The van der Waals surface area contributed by atoms with Crippen LogP contribution in [0.25, 0.3) is 0 Å². The predicted molar refractivity (Wildman–Crippen MR) is 102 cm³/mol. The molecule has 0 N–H and O–H groups in total. The molecule has 0 amide bonds. The molecule has 0 radical (unpaired) electrons. The SMILES string of the molecule is Cc1ccc([C@@H]2C[C@](c3ccccc3)(C(F)(F)F)c3ccc(C)cc32)cc1. The van der Waals surface area contributed by atoms with Gasteiger partial charge in [-0.2, -0.15) is 13.2 Å². The third-order valence-corrected chi connectivity index (χ3v) is 5.78. The van der Waals surface area contributed by atoms with Gasteiger partial charge in [0.2, 0.25) is 0 Å². The van der Waals surface area contributed by atoms with E-state index in [0.717, 1.165) is 22.3 Å². The van der Waals surface area contributed by atoms with Crippen LogP contribution in [0.15, 0.2) is 72.8 Å². The van der Waals surface area contributed by atoms with Crippen molar-refractivity contribution >= 4 is 0 Å². The van der Waals surface area contributed by atoms with E-state index >= 15 is 0 Å². The molecule has 4 rings (SSSR count). The largest absolute Gasteiger partial charge is 0.402 e. The minimum Gasteiger partial charge on any atom is -0.170 e. The van der Waals surface area contributed by atoms with Crippen molar-refractivity contribution in [2.24, 2.45) is 0 Å². The average Bonchev–Trinajstić information content (AvgIpc) is 2.98. The molecule has 1 aliphatic carbocycles. The van der Waals surface area contributed by atoms with Crippen LogP contribution in [0.1, 0.15) is 45.7 Å². The van der Waals surface area contributed by atoms with Crippen molar-refractivity contribution in [1.29, 1.82) is 0 Å². The Morgan fingerprint density at radius 1 is 0.815 bits per heavy atom. The van der Waals surface area contributed by atoms with Crippen LogP contribution in [0.5, 0.6) is 0 Å². The van der Waals surface area contributed by atoms with Crippen LogP contribution in [0.2, 0.25) is 0 Å². The van der Waals surface area contributed by atoms with Crippen LogP contribution < -0.4 is 0 Å². The molecule has 1 aliphatic rings. The Kier molecular flexibility index (Phi) is 4.14. The fraction of sp³-hybridized carbons (Fsp3) is 0.250. The van der Waals surface area contributed by atoms with Gasteiger partial charge in [-0.25, -0.2) is 0 Å². The normalized spacial score (nSPS) is 21.9. The molecule has 0 bridgehead atoms. The Labute approximate surface area is 157 Å². The van der Waals surface area contributed by atoms with Gasteiger partial charge in [-0.05, 0) is 42.5 Å². The predicted octanol–water partition coefficient (Wildman–Crippen LogP) is 6.69. The fourth-order valence-electron chi connectivity index (χ4n) is 4.41. The first-order chi connectivity index (χ1) is 12.8. The zero-order valence-corrected chi connectivity index (χ0v) is 15.3. The maximum Gasteiger partial charge on any atom is 0.402 e. The number of halogens is 3. The quantitative estimate of drug-likeness (QED) is 0.474. The van der Waals surface area contributed by atoms with Gasteiger partial charge in [0.1, 0.15) is 5.41 Å². The summed E-state index contributed by atoms with van der Waals surface area (Å²) in [6.45, 7) is 3.92. The van der Waals surface area contributed by atoms with Gasteiger partial charge in [0.15, 0.2) is 0 Å². The van der Waals surface area contributed by atoms with Gasteiger partial charge in [0.25, 0.3) is 0 Å². The highest BCUT2D eigenvalue weighted by molar-refractivity contribution is 5.56. The van der Waals surface area contributed by atoms with Gasteiger partial charge >= 0.3 is 6.18 Å². The lowest BCUT2D eigenvalue weighted by molar-refractivity contribution is -0.178. The van der Waals surface area contributed by atoms with Crippen LogP contribution in [0.4, 0.5) is 13.2 Å². The molecule has 0 heterocycles. The van der Waals surface area contributed by atoms with Crippen molar-refractivity contribution in [3.8, 4) is 0 Å². The van der Waals surface area contributed by atoms with E-state index in [1.807, 2.05) is 44.2 Å². The molecule has 3 aromatic carbocycles. The van der Waals surface area contributed by atoms with Crippen molar-refractivity contribution in [1.82, 2.24) is 0 Å². The maximum absolute atomic E-state index is 14.6. The van der Waals surface area contributed by atoms with E-state index in [2.05, 4.69) is 0 Å². The molecule has 138 valence electrons. The first kappa shape index (κ1) is 17.8. The third kappa shape index (κ3) is 2.77. The van der Waals surface area contributed by atoms with E-state index in [9.17, 15) is 13.2 Å². The number of alkyl halides is 3. The first-order valence-corrected chi connectivity index (χ1v) is 9.13. The summed E-state index contributed by atoms with van der Waals surface area (Å²) in [5.41, 5.74) is 2.54. The summed E-state index contributed by atoms with van der Waals surface area (Å²) in [5, 5.41) is 0. The second-order valence-corrected chi connectivity index (χ2v) is 7.53. The van der Waals surface area contributed by atoms with Crippen LogP contribution in [-0.4, -0.2) is 6.18 Å². The molecule has 0 saturated carbocycles.